The van der Waals surface area contributed by atoms with Gasteiger partial charge in [-0.25, -0.2) is 0 Å². The maximum absolute atomic E-state index is 11.3. The molecular formula is C23H48O. The average molecular weight is 341 g/mol. The molecule has 0 heterocycles. The van der Waals surface area contributed by atoms with E-state index < -0.39 is 0 Å². The van der Waals surface area contributed by atoms with Crippen molar-refractivity contribution in [1.82, 2.24) is 0 Å². The van der Waals surface area contributed by atoms with Gasteiger partial charge in [0, 0.05) is 0 Å². The fourth-order valence-corrected chi connectivity index (χ4v) is 4.66. The van der Waals surface area contributed by atoms with Gasteiger partial charge < -0.3 is 5.11 Å². The van der Waals surface area contributed by atoms with Gasteiger partial charge in [-0.15, -0.1) is 0 Å². The Hall–Kier alpha value is -0.0400. The topological polar surface area (TPSA) is 20.2 Å². The molecule has 0 aromatic rings. The lowest BCUT2D eigenvalue weighted by atomic mass is 9.59. The van der Waals surface area contributed by atoms with Crippen LogP contribution in [0.4, 0.5) is 0 Å². The van der Waals surface area contributed by atoms with E-state index in [9.17, 15) is 5.11 Å². The van der Waals surface area contributed by atoms with Crippen molar-refractivity contribution >= 4 is 0 Å². The van der Waals surface area contributed by atoms with Crippen molar-refractivity contribution in [3.8, 4) is 0 Å². The van der Waals surface area contributed by atoms with E-state index >= 15 is 0 Å². The third-order valence-electron chi connectivity index (χ3n) is 5.80. The molecule has 0 aromatic heterocycles. The average Bonchev–Trinajstić information content (AvgIpc) is 2.47. The second-order valence-electron chi connectivity index (χ2n) is 9.72. The summed E-state index contributed by atoms with van der Waals surface area (Å²) in [5.41, 5.74) is 0.296. The molecule has 0 bridgehead atoms. The molecule has 0 aliphatic rings. The lowest BCUT2D eigenvalue weighted by molar-refractivity contribution is -0.0679. The summed E-state index contributed by atoms with van der Waals surface area (Å²) < 4.78 is 0. The van der Waals surface area contributed by atoms with Gasteiger partial charge in [0.15, 0.2) is 0 Å². The molecule has 0 saturated carbocycles. The molecule has 0 saturated heterocycles. The summed E-state index contributed by atoms with van der Waals surface area (Å²) in [6.45, 7) is 18.2. The van der Waals surface area contributed by atoms with Crippen LogP contribution in [0.25, 0.3) is 0 Å². The first kappa shape index (κ1) is 24.0. The number of hydrogen-bond donors (Lipinski definition) is 1. The van der Waals surface area contributed by atoms with Crippen molar-refractivity contribution in [3.63, 3.8) is 0 Å². The predicted octanol–water partition coefficient (Wildman–Crippen LogP) is 7.61. The molecule has 0 aliphatic heterocycles. The van der Waals surface area contributed by atoms with Crippen LogP contribution in [-0.2, 0) is 0 Å². The van der Waals surface area contributed by atoms with Gasteiger partial charge in [0.05, 0.1) is 6.10 Å². The molecule has 1 N–H and O–H groups in total. The fourth-order valence-electron chi connectivity index (χ4n) is 4.66. The summed E-state index contributed by atoms with van der Waals surface area (Å²) >= 11 is 0. The van der Waals surface area contributed by atoms with Crippen LogP contribution in [-0.4, -0.2) is 11.2 Å². The van der Waals surface area contributed by atoms with Crippen LogP contribution in [0.15, 0.2) is 0 Å². The number of aliphatic hydroxyl groups is 1. The number of hydrogen-bond acceptors (Lipinski definition) is 1. The molecular weight excluding hydrogens is 292 g/mol. The minimum absolute atomic E-state index is 0.0320. The lowest BCUT2D eigenvalue weighted by Gasteiger charge is -2.48. The van der Waals surface area contributed by atoms with Crippen LogP contribution < -0.4 is 0 Å². The van der Waals surface area contributed by atoms with E-state index in [1.165, 1.54) is 57.8 Å². The highest BCUT2D eigenvalue weighted by molar-refractivity contribution is 4.94. The summed E-state index contributed by atoms with van der Waals surface area (Å²) in [4.78, 5) is 0. The highest BCUT2D eigenvalue weighted by Gasteiger charge is 2.44. The second kappa shape index (κ2) is 11.6. The molecule has 2 atom stereocenters. The zero-order valence-corrected chi connectivity index (χ0v) is 18.3. The number of aliphatic hydroxyl groups excluding tert-OH is 1. The monoisotopic (exact) mass is 340 g/mol. The highest BCUT2D eigenvalue weighted by atomic mass is 16.3. The van der Waals surface area contributed by atoms with Gasteiger partial charge in [0.2, 0.25) is 0 Å². The van der Waals surface area contributed by atoms with Gasteiger partial charge >= 0.3 is 0 Å². The van der Waals surface area contributed by atoms with Crippen molar-refractivity contribution in [2.24, 2.45) is 22.7 Å². The third kappa shape index (κ3) is 7.89. The normalized spacial score (nSPS) is 15.8. The van der Waals surface area contributed by atoms with Gasteiger partial charge in [-0.2, -0.15) is 0 Å². The van der Waals surface area contributed by atoms with E-state index in [4.69, 9.17) is 0 Å². The summed E-state index contributed by atoms with van der Waals surface area (Å²) in [6.07, 6.45) is 12.6. The molecule has 1 nitrogen and oxygen atoms in total. The predicted molar refractivity (Wildman–Crippen MR) is 109 cm³/mol. The van der Waals surface area contributed by atoms with Crippen LogP contribution in [0.2, 0.25) is 0 Å². The van der Waals surface area contributed by atoms with Crippen LogP contribution in [0.5, 0.6) is 0 Å². The Morgan fingerprint density at radius 1 is 0.750 bits per heavy atom. The minimum Gasteiger partial charge on any atom is -0.392 e. The number of unbranched alkanes of at least 4 members (excludes halogenated alkanes) is 3. The Morgan fingerprint density at radius 3 is 1.67 bits per heavy atom. The zero-order valence-electron chi connectivity index (χ0n) is 18.3. The van der Waals surface area contributed by atoms with Crippen LogP contribution in [0.1, 0.15) is 120 Å². The van der Waals surface area contributed by atoms with Gasteiger partial charge in [0.25, 0.3) is 0 Å². The molecule has 146 valence electrons. The van der Waals surface area contributed by atoms with Crippen molar-refractivity contribution < 1.29 is 5.11 Å². The standard InChI is InChI=1S/C23H48O/c1-9-12-13-14-17-23(15-10-2,16-11-3)20(18-19(4)5)21(24)22(6,7)8/h19-21,24H,9-18H2,1-8H3. The Bertz CT molecular complexity index is 294. The maximum atomic E-state index is 11.3. The molecule has 0 spiro atoms. The summed E-state index contributed by atoms with van der Waals surface area (Å²) in [6, 6.07) is 0. The molecule has 0 radical (unpaired) electrons. The summed E-state index contributed by atoms with van der Waals surface area (Å²) in [7, 11) is 0. The first-order valence-corrected chi connectivity index (χ1v) is 10.8. The summed E-state index contributed by atoms with van der Waals surface area (Å²) in [5, 5.41) is 11.3. The largest absolute Gasteiger partial charge is 0.392 e. The molecule has 0 amide bonds. The van der Waals surface area contributed by atoms with Crippen molar-refractivity contribution in [1.29, 1.82) is 0 Å². The Balaban J connectivity index is 5.57. The second-order valence-corrected chi connectivity index (χ2v) is 9.72. The molecule has 0 aliphatic carbocycles. The van der Waals surface area contributed by atoms with E-state index in [2.05, 4.69) is 55.4 Å². The Morgan fingerprint density at radius 2 is 1.29 bits per heavy atom. The molecule has 0 rings (SSSR count). The number of rotatable bonds is 13. The molecule has 2 unspecified atom stereocenters. The van der Waals surface area contributed by atoms with Gasteiger partial charge in [-0.1, -0.05) is 93.9 Å². The van der Waals surface area contributed by atoms with E-state index in [0.717, 1.165) is 6.42 Å². The lowest BCUT2D eigenvalue weighted by Crippen LogP contribution is -2.45. The molecule has 0 fully saturated rings. The highest BCUT2D eigenvalue weighted by Crippen LogP contribution is 2.49. The SMILES string of the molecule is CCCCCCC(CCC)(CCC)C(CC(C)C)C(O)C(C)(C)C. The molecule has 1 heteroatoms. The molecule has 0 aromatic carbocycles. The van der Waals surface area contributed by atoms with Gasteiger partial charge in [-0.3, -0.25) is 0 Å². The fraction of sp³-hybridized carbons (Fsp3) is 1.00. The van der Waals surface area contributed by atoms with Crippen LogP contribution in [0, 0.1) is 22.7 Å². The maximum Gasteiger partial charge on any atom is 0.0622 e. The van der Waals surface area contributed by atoms with Gasteiger partial charge in [0.1, 0.15) is 0 Å². The Labute approximate surface area is 154 Å². The quantitative estimate of drug-likeness (QED) is 0.342. The van der Waals surface area contributed by atoms with Crippen molar-refractivity contribution in [3.05, 3.63) is 0 Å². The first-order chi connectivity index (χ1) is 11.1. The van der Waals surface area contributed by atoms with Crippen LogP contribution in [0.3, 0.4) is 0 Å². The first-order valence-electron chi connectivity index (χ1n) is 10.8. The third-order valence-corrected chi connectivity index (χ3v) is 5.80. The van der Waals surface area contributed by atoms with E-state index in [0.29, 0.717) is 17.3 Å². The van der Waals surface area contributed by atoms with Gasteiger partial charge in [-0.05, 0) is 48.3 Å². The van der Waals surface area contributed by atoms with E-state index in [-0.39, 0.29) is 11.5 Å². The minimum atomic E-state index is -0.204. The van der Waals surface area contributed by atoms with Crippen molar-refractivity contribution in [2.75, 3.05) is 0 Å². The van der Waals surface area contributed by atoms with Crippen LogP contribution >= 0.6 is 0 Å². The smallest absolute Gasteiger partial charge is 0.0622 e. The van der Waals surface area contributed by atoms with E-state index in [1.54, 1.807) is 0 Å². The van der Waals surface area contributed by atoms with E-state index in [1.807, 2.05) is 0 Å². The zero-order chi connectivity index (χ0) is 18.8. The summed E-state index contributed by atoms with van der Waals surface area (Å²) in [5.74, 6) is 1.08. The Kier molecular flexibility index (Phi) is 11.5. The van der Waals surface area contributed by atoms with Crippen molar-refractivity contribution in [2.45, 2.75) is 126 Å². The molecule has 24 heavy (non-hydrogen) atoms.